The fourth-order valence-corrected chi connectivity index (χ4v) is 4.23. The van der Waals surface area contributed by atoms with Crippen LogP contribution in [0.2, 0.25) is 0 Å². The molecule has 0 bridgehead atoms. The summed E-state index contributed by atoms with van der Waals surface area (Å²) in [6.07, 6.45) is 5.82. The second kappa shape index (κ2) is 6.88. The number of hydrogen-bond acceptors (Lipinski definition) is 5. The van der Waals surface area contributed by atoms with E-state index >= 15 is 0 Å². The van der Waals surface area contributed by atoms with E-state index in [1.165, 1.54) is 31.4 Å². The molecular formula is C20H23N3O4. The highest BCUT2D eigenvalue weighted by Crippen LogP contribution is 2.34. The molecule has 2 aliphatic heterocycles. The molecule has 3 heterocycles. The van der Waals surface area contributed by atoms with Gasteiger partial charge in [-0.15, -0.1) is 0 Å². The molecule has 2 aromatic rings. The van der Waals surface area contributed by atoms with Crippen LogP contribution in [0.3, 0.4) is 0 Å². The van der Waals surface area contributed by atoms with Crippen LogP contribution in [0.1, 0.15) is 59.0 Å². The molecule has 1 saturated carbocycles. The lowest BCUT2D eigenvalue weighted by Crippen LogP contribution is -2.24. The number of benzene rings is 1. The first-order valence-electron chi connectivity index (χ1n) is 9.64. The molecule has 1 N–H and O–H groups in total. The van der Waals surface area contributed by atoms with Gasteiger partial charge in [0.1, 0.15) is 0 Å². The van der Waals surface area contributed by atoms with Gasteiger partial charge in [-0.25, -0.2) is 0 Å². The van der Waals surface area contributed by atoms with E-state index in [0.29, 0.717) is 36.3 Å². The first-order valence-corrected chi connectivity index (χ1v) is 9.64. The fraction of sp³-hybridized carbons (Fsp3) is 0.500. The third kappa shape index (κ3) is 3.06. The van der Waals surface area contributed by atoms with E-state index in [1.54, 1.807) is 18.2 Å². The summed E-state index contributed by atoms with van der Waals surface area (Å²) in [5, 5.41) is 7.87. The third-order valence-corrected chi connectivity index (χ3v) is 5.65. The standard InChI is InChI=1S/C20H23N3O4/c24-20(13-5-6-18-19(9-13)27-12-26-18)21-10-16-15-11-25-8-7-17(15)23(22-16)14-3-1-2-4-14/h5-6,9,14H,1-4,7-8,10-12H2,(H,21,24). The van der Waals surface area contributed by atoms with Crippen molar-refractivity contribution in [3.63, 3.8) is 0 Å². The first kappa shape index (κ1) is 16.6. The predicted octanol–water partition coefficient (Wildman–Crippen LogP) is 2.73. The summed E-state index contributed by atoms with van der Waals surface area (Å²) in [6, 6.07) is 5.73. The molecule has 1 fully saturated rings. The van der Waals surface area contributed by atoms with E-state index in [9.17, 15) is 4.79 Å². The number of nitrogens with one attached hydrogen (secondary N) is 1. The van der Waals surface area contributed by atoms with Gasteiger partial charge in [0.25, 0.3) is 5.91 Å². The summed E-state index contributed by atoms with van der Waals surface area (Å²) in [7, 11) is 0. The van der Waals surface area contributed by atoms with Gasteiger partial charge in [0.2, 0.25) is 6.79 Å². The van der Waals surface area contributed by atoms with Crippen LogP contribution < -0.4 is 14.8 Å². The average Bonchev–Trinajstić information content (AvgIpc) is 3.44. The Bertz CT molecular complexity index is 870. The third-order valence-electron chi connectivity index (χ3n) is 5.65. The summed E-state index contributed by atoms with van der Waals surface area (Å²) in [5.41, 5.74) is 3.92. The molecule has 0 spiro atoms. The smallest absolute Gasteiger partial charge is 0.251 e. The maximum Gasteiger partial charge on any atom is 0.251 e. The SMILES string of the molecule is O=C(NCc1nn(C2CCCC2)c2c1COCC2)c1ccc2c(c1)OCO2. The molecular weight excluding hydrogens is 346 g/mol. The molecule has 0 radical (unpaired) electrons. The number of carbonyl (C=O) groups excluding carboxylic acids is 1. The Hall–Kier alpha value is -2.54. The molecule has 142 valence electrons. The number of hydrogen-bond donors (Lipinski definition) is 1. The number of aromatic nitrogens is 2. The fourth-order valence-electron chi connectivity index (χ4n) is 4.23. The van der Waals surface area contributed by atoms with Crippen molar-refractivity contribution in [1.29, 1.82) is 0 Å². The lowest BCUT2D eigenvalue weighted by atomic mass is 10.1. The normalized spacial score (nSPS) is 18.5. The van der Waals surface area contributed by atoms with Crippen LogP contribution in [0.25, 0.3) is 0 Å². The summed E-state index contributed by atoms with van der Waals surface area (Å²) in [5.74, 6) is 1.14. The summed E-state index contributed by atoms with van der Waals surface area (Å²) >= 11 is 0. The van der Waals surface area contributed by atoms with Crippen molar-refractivity contribution in [3.05, 3.63) is 40.7 Å². The van der Waals surface area contributed by atoms with E-state index in [-0.39, 0.29) is 12.7 Å². The van der Waals surface area contributed by atoms with Gasteiger partial charge in [0.15, 0.2) is 11.5 Å². The number of amides is 1. The van der Waals surface area contributed by atoms with E-state index in [0.717, 1.165) is 24.3 Å². The van der Waals surface area contributed by atoms with Crippen LogP contribution in [-0.2, 0) is 24.3 Å². The highest BCUT2D eigenvalue weighted by Gasteiger charge is 2.27. The van der Waals surface area contributed by atoms with E-state index in [2.05, 4.69) is 10.00 Å². The first-order chi connectivity index (χ1) is 13.3. The van der Waals surface area contributed by atoms with Gasteiger partial charge < -0.3 is 19.5 Å². The van der Waals surface area contributed by atoms with Crippen LogP contribution in [0.4, 0.5) is 0 Å². The van der Waals surface area contributed by atoms with Crippen molar-refractivity contribution in [2.75, 3.05) is 13.4 Å². The molecule has 5 rings (SSSR count). The number of nitrogens with zero attached hydrogens (tertiary/aromatic N) is 2. The molecule has 7 nitrogen and oxygen atoms in total. The number of rotatable bonds is 4. The molecule has 0 unspecified atom stereocenters. The Morgan fingerprint density at radius 3 is 2.96 bits per heavy atom. The molecule has 3 aliphatic rings. The Labute approximate surface area is 157 Å². The zero-order chi connectivity index (χ0) is 18.2. The lowest BCUT2D eigenvalue weighted by molar-refractivity contribution is 0.0947. The Morgan fingerprint density at radius 2 is 2.07 bits per heavy atom. The highest BCUT2D eigenvalue weighted by molar-refractivity contribution is 5.94. The highest BCUT2D eigenvalue weighted by atomic mass is 16.7. The molecule has 1 aliphatic carbocycles. The van der Waals surface area contributed by atoms with Gasteiger partial charge in [-0.05, 0) is 31.0 Å². The minimum Gasteiger partial charge on any atom is -0.454 e. The molecule has 1 aromatic carbocycles. The van der Waals surface area contributed by atoms with Crippen molar-refractivity contribution in [2.24, 2.45) is 0 Å². The van der Waals surface area contributed by atoms with Gasteiger partial charge >= 0.3 is 0 Å². The lowest BCUT2D eigenvalue weighted by Gasteiger charge is -2.18. The second-order valence-corrected chi connectivity index (χ2v) is 7.31. The molecule has 27 heavy (non-hydrogen) atoms. The predicted molar refractivity (Wildman–Crippen MR) is 96.8 cm³/mol. The van der Waals surface area contributed by atoms with E-state index in [1.807, 2.05) is 0 Å². The van der Waals surface area contributed by atoms with Gasteiger partial charge in [-0.1, -0.05) is 12.8 Å². The Kier molecular flexibility index (Phi) is 4.24. The van der Waals surface area contributed by atoms with Crippen molar-refractivity contribution >= 4 is 5.91 Å². The van der Waals surface area contributed by atoms with Crippen LogP contribution in [0.5, 0.6) is 11.5 Å². The van der Waals surface area contributed by atoms with Gasteiger partial charge in [-0.3, -0.25) is 9.48 Å². The molecule has 1 amide bonds. The van der Waals surface area contributed by atoms with Gasteiger partial charge in [0.05, 0.1) is 31.5 Å². The van der Waals surface area contributed by atoms with Crippen molar-refractivity contribution in [1.82, 2.24) is 15.1 Å². The molecule has 0 atom stereocenters. The number of ether oxygens (including phenoxy) is 3. The minimum atomic E-state index is -0.144. The zero-order valence-corrected chi connectivity index (χ0v) is 15.2. The van der Waals surface area contributed by atoms with Gasteiger partial charge in [-0.2, -0.15) is 5.10 Å². The second-order valence-electron chi connectivity index (χ2n) is 7.31. The van der Waals surface area contributed by atoms with Crippen molar-refractivity contribution < 1.29 is 19.0 Å². The minimum absolute atomic E-state index is 0.144. The maximum atomic E-state index is 12.6. The molecule has 1 aromatic heterocycles. The van der Waals surface area contributed by atoms with Gasteiger partial charge in [0, 0.05) is 23.2 Å². The Balaban J connectivity index is 1.34. The number of fused-ring (bicyclic) bond motifs is 2. The topological polar surface area (TPSA) is 74.6 Å². The largest absolute Gasteiger partial charge is 0.454 e. The van der Waals surface area contributed by atoms with Crippen LogP contribution in [0.15, 0.2) is 18.2 Å². The quantitative estimate of drug-likeness (QED) is 0.897. The maximum absolute atomic E-state index is 12.6. The van der Waals surface area contributed by atoms with E-state index < -0.39 is 0 Å². The molecule has 0 saturated heterocycles. The molecule has 7 heteroatoms. The van der Waals surface area contributed by atoms with Crippen LogP contribution in [0, 0.1) is 0 Å². The zero-order valence-electron chi connectivity index (χ0n) is 15.2. The van der Waals surface area contributed by atoms with Crippen LogP contribution in [-0.4, -0.2) is 29.1 Å². The summed E-state index contributed by atoms with van der Waals surface area (Å²) in [4.78, 5) is 12.6. The number of carbonyl (C=O) groups is 1. The van der Waals surface area contributed by atoms with Crippen LogP contribution >= 0.6 is 0 Å². The Morgan fingerprint density at radius 1 is 1.22 bits per heavy atom. The van der Waals surface area contributed by atoms with Crippen molar-refractivity contribution in [2.45, 2.75) is 51.3 Å². The average molecular weight is 369 g/mol. The monoisotopic (exact) mass is 369 g/mol. The van der Waals surface area contributed by atoms with Crippen molar-refractivity contribution in [3.8, 4) is 11.5 Å². The van der Waals surface area contributed by atoms with E-state index in [4.69, 9.17) is 19.3 Å². The summed E-state index contributed by atoms with van der Waals surface area (Å²) in [6.45, 7) is 1.93. The summed E-state index contributed by atoms with van der Waals surface area (Å²) < 4.78 is 18.5.